The first-order chi connectivity index (χ1) is 9.13. The summed E-state index contributed by atoms with van der Waals surface area (Å²) in [5, 5.41) is 3.50. The third-order valence-corrected chi connectivity index (χ3v) is 3.27. The third kappa shape index (κ3) is 6.48. The van der Waals surface area contributed by atoms with E-state index in [-0.39, 0.29) is 0 Å². The molecular formula is C16H28N2O. The number of nitrogens with one attached hydrogen (secondary N) is 1. The van der Waals surface area contributed by atoms with Gasteiger partial charge in [0, 0.05) is 25.8 Å². The Morgan fingerprint density at radius 2 is 1.84 bits per heavy atom. The minimum absolute atomic E-state index is 0.809. The summed E-state index contributed by atoms with van der Waals surface area (Å²) in [5.41, 5.74) is 1.23. The maximum Gasteiger partial charge on any atom is 0.119 e. The quantitative estimate of drug-likeness (QED) is 0.693. The monoisotopic (exact) mass is 264 g/mol. The molecule has 1 aromatic rings. The Morgan fingerprint density at radius 1 is 1.16 bits per heavy atom. The first-order valence-electron chi connectivity index (χ1n) is 7.19. The van der Waals surface area contributed by atoms with E-state index >= 15 is 0 Å². The van der Waals surface area contributed by atoms with E-state index in [1.54, 1.807) is 7.11 Å². The Labute approximate surface area is 118 Å². The molecule has 0 aromatic heterocycles. The van der Waals surface area contributed by atoms with Crippen LogP contribution in [0.25, 0.3) is 0 Å². The van der Waals surface area contributed by atoms with Crippen LogP contribution in [0.4, 0.5) is 5.69 Å². The van der Waals surface area contributed by atoms with Crippen LogP contribution in [0.15, 0.2) is 24.3 Å². The average Bonchev–Trinajstić information content (AvgIpc) is 2.42. The Morgan fingerprint density at radius 3 is 2.42 bits per heavy atom. The average molecular weight is 264 g/mol. The van der Waals surface area contributed by atoms with E-state index in [0.717, 1.165) is 31.3 Å². The lowest BCUT2D eigenvalue weighted by Crippen LogP contribution is -2.29. The molecule has 1 N–H and O–H groups in total. The van der Waals surface area contributed by atoms with Crippen molar-refractivity contribution in [3.63, 3.8) is 0 Å². The van der Waals surface area contributed by atoms with Gasteiger partial charge in [-0.25, -0.2) is 0 Å². The van der Waals surface area contributed by atoms with E-state index in [1.165, 1.54) is 18.5 Å². The normalized spacial score (nSPS) is 10.8. The molecule has 0 spiro atoms. The Hall–Kier alpha value is -1.22. The summed E-state index contributed by atoms with van der Waals surface area (Å²) in [6, 6.07) is 8.19. The van der Waals surface area contributed by atoms with Crippen molar-refractivity contribution >= 4 is 5.69 Å². The van der Waals surface area contributed by atoms with Crippen LogP contribution in [0, 0.1) is 5.92 Å². The summed E-state index contributed by atoms with van der Waals surface area (Å²) < 4.78 is 5.16. The first-order valence-corrected chi connectivity index (χ1v) is 7.19. The van der Waals surface area contributed by atoms with Crippen LogP contribution >= 0.6 is 0 Å². The lowest BCUT2D eigenvalue weighted by atomic mass is 10.1. The zero-order chi connectivity index (χ0) is 14.1. The van der Waals surface area contributed by atoms with Gasteiger partial charge in [-0.2, -0.15) is 0 Å². The van der Waals surface area contributed by atoms with Crippen molar-refractivity contribution in [1.82, 2.24) is 5.32 Å². The molecule has 0 bridgehead atoms. The first kappa shape index (κ1) is 15.8. The van der Waals surface area contributed by atoms with Crippen LogP contribution in [-0.2, 0) is 0 Å². The minimum Gasteiger partial charge on any atom is -0.497 e. The largest absolute Gasteiger partial charge is 0.497 e. The van der Waals surface area contributed by atoms with Crippen molar-refractivity contribution < 1.29 is 4.74 Å². The number of ether oxygens (including phenoxy) is 1. The number of likely N-dealkylation sites (N-methyl/N-ethyl adjacent to an activating group) is 1. The van der Waals surface area contributed by atoms with Gasteiger partial charge in [0.1, 0.15) is 5.75 Å². The molecule has 0 atom stereocenters. The molecular weight excluding hydrogens is 236 g/mol. The van der Waals surface area contributed by atoms with Crippen molar-refractivity contribution in [2.75, 3.05) is 38.7 Å². The molecule has 0 fully saturated rings. The second kappa shape index (κ2) is 8.81. The van der Waals surface area contributed by atoms with Gasteiger partial charge < -0.3 is 15.0 Å². The summed E-state index contributed by atoms with van der Waals surface area (Å²) in [7, 11) is 3.82. The van der Waals surface area contributed by atoms with Gasteiger partial charge in [0.2, 0.25) is 0 Å². The molecule has 108 valence electrons. The zero-order valence-electron chi connectivity index (χ0n) is 12.8. The van der Waals surface area contributed by atoms with Crippen LogP contribution < -0.4 is 15.0 Å². The topological polar surface area (TPSA) is 24.5 Å². The van der Waals surface area contributed by atoms with Gasteiger partial charge in [0.25, 0.3) is 0 Å². The lowest BCUT2D eigenvalue weighted by Gasteiger charge is -2.19. The maximum absolute atomic E-state index is 5.16. The van der Waals surface area contributed by atoms with E-state index < -0.39 is 0 Å². The molecule has 3 nitrogen and oxygen atoms in total. The summed E-state index contributed by atoms with van der Waals surface area (Å²) in [6.07, 6.45) is 2.57. The molecule has 0 unspecified atom stereocenters. The highest BCUT2D eigenvalue weighted by Gasteiger charge is 2.00. The van der Waals surface area contributed by atoms with Gasteiger partial charge in [-0.05, 0) is 49.6 Å². The smallest absolute Gasteiger partial charge is 0.119 e. The number of hydrogen-bond acceptors (Lipinski definition) is 3. The number of nitrogens with zero attached hydrogens (tertiary/aromatic N) is 1. The van der Waals surface area contributed by atoms with Gasteiger partial charge in [-0.1, -0.05) is 13.8 Å². The van der Waals surface area contributed by atoms with Gasteiger partial charge in [0.15, 0.2) is 0 Å². The van der Waals surface area contributed by atoms with Crippen molar-refractivity contribution in [2.24, 2.45) is 5.92 Å². The molecule has 3 heteroatoms. The van der Waals surface area contributed by atoms with Gasteiger partial charge in [-0.15, -0.1) is 0 Å². The van der Waals surface area contributed by atoms with E-state index in [1.807, 2.05) is 12.1 Å². The number of methoxy groups -OCH3 is 1. The van der Waals surface area contributed by atoms with Gasteiger partial charge in [-0.3, -0.25) is 0 Å². The number of benzene rings is 1. The second-order valence-electron chi connectivity index (χ2n) is 5.41. The molecule has 0 aliphatic carbocycles. The van der Waals surface area contributed by atoms with Crippen LogP contribution in [0.2, 0.25) is 0 Å². The van der Waals surface area contributed by atoms with E-state index in [2.05, 4.69) is 43.2 Å². The van der Waals surface area contributed by atoms with Gasteiger partial charge >= 0.3 is 0 Å². The molecule has 0 saturated carbocycles. The predicted octanol–water partition coefficient (Wildman–Crippen LogP) is 3.16. The standard InChI is InChI=1S/C16H28N2O/c1-14(2)6-5-11-17-12-13-18(3)15-7-9-16(19-4)10-8-15/h7-10,14,17H,5-6,11-13H2,1-4H3. The minimum atomic E-state index is 0.809. The van der Waals surface area contributed by atoms with Gasteiger partial charge in [0.05, 0.1) is 7.11 Å². The maximum atomic E-state index is 5.16. The van der Waals surface area contributed by atoms with E-state index in [0.29, 0.717) is 0 Å². The van der Waals surface area contributed by atoms with Crippen LogP contribution in [0.3, 0.4) is 0 Å². The fourth-order valence-corrected chi connectivity index (χ4v) is 1.97. The molecule has 1 rings (SSSR count). The SMILES string of the molecule is COc1ccc(N(C)CCNCCCC(C)C)cc1. The third-order valence-electron chi connectivity index (χ3n) is 3.27. The Kier molecular flexibility index (Phi) is 7.34. The fraction of sp³-hybridized carbons (Fsp3) is 0.625. The second-order valence-corrected chi connectivity index (χ2v) is 5.41. The summed E-state index contributed by atoms with van der Waals surface area (Å²) in [4.78, 5) is 2.26. The fourth-order valence-electron chi connectivity index (χ4n) is 1.97. The molecule has 0 saturated heterocycles. The Bertz CT molecular complexity index is 335. The number of anilines is 1. The highest BCUT2D eigenvalue weighted by Crippen LogP contribution is 2.17. The molecule has 0 heterocycles. The van der Waals surface area contributed by atoms with Crippen LogP contribution in [0.5, 0.6) is 5.75 Å². The molecule has 0 radical (unpaired) electrons. The molecule has 1 aromatic carbocycles. The Balaban J connectivity index is 2.17. The van der Waals surface area contributed by atoms with Crippen LogP contribution in [-0.4, -0.2) is 33.8 Å². The number of hydrogen-bond donors (Lipinski definition) is 1. The summed E-state index contributed by atoms with van der Waals surface area (Å²) in [6.45, 7) is 7.72. The molecule has 0 amide bonds. The molecule has 0 aliphatic heterocycles. The van der Waals surface area contributed by atoms with Crippen LogP contribution in [0.1, 0.15) is 26.7 Å². The highest BCUT2D eigenvalue weighted by molar-refractivity contribution is 5.48. The summed E-state index contributed by atoms with van der Waals surface area (Å²) >= 11 is 0. The van der Waals surface area contributed by atoms with Crippen molar-refractivity contribution in [3.05, 3.63) is 24.3 Å². The highest BCUT2D eigenvalue weighted by atomic mass is 16.5. The number of rotatable bonds is 9. The summed E-state index contributed by atoms with van der Waals surface area (Å²) in [5.74, 6) is 1.72. The van der Waals surface area contributed by atoms with Crippen molar-refractivity contribution in [2.45, 2.75) is 26.7 Å². The van der Waals surface area contributed by atoms with Crippen molar-refractivity contribution in [1.29, 1.82) is 0 Å². The van der Waals surface area contributed by atoms with E-state index in [9.17, 15) is 0 Å². The van der Waals surface area contributed by atoms with Crippen molar-refractivity contribution in [3.8, 4) is 5.75 Å². The lowest BCUT2D eigenvalue weighted by molar-refractivity contribution is 0.415. The van der Waals surface area contributed by atoms with E-state index in [4.69, 9.17) is 4.74 Å². The molecule has 0 aliphatic rings. The molecule has 19 heavy (non-hydrogen) atoms. The zero-order valence-corrected chi connectivity index (χ0v) is 12.8. The predicted molar refractivity (Wildman–Crippen MR) is 83.2 cm³/mol.